The molecule has 0 unspecified atom stereocenters. The monoisotopic (exact) mass is 550 g/mol. The molecule has 0 bridgehead atoms. The van der Waals surface area contributed by atoms with Gasteiger partial charge in [0.2, 0.25) is 0 Å². The molecule has 0 heterocycles. The Morgan fingerprint density at radius 2 is 1.12 bits per heavy atom. The molecule has 0 radical (unpaired) electrons. The molecule has 0 amide bonds. The van der Waals surface area contributed by atoms with Gasteiger partial charge in [-0.25, -0.2) is 0 Å². The Morgan fingerprint density at radius 3 is 1.12 bits per heavy atom. The molecule has 0 aliphatic carbocycles. The second-order valence-electron chi connectivity index (χ2n) is 1.25. The van der Waals surface area contributed by atoms with Crippen LogP contribution in [0, 0.1) is 0 Å². The van der Waals surface area contributed by atoms with E-state index in [0.717, 1.165) is 7.51 Å². The summed E-state index contributed by atoms with van der Waals surface area (Å²) in [6.45, 7) is 0. The molecule has 98 valence electrons. The van der Waals surface area contributed by atoms with Crippen LogP contribution < -0.4 is 0 Å². The van der Waals surface area contributed by atoms with Gasteiger partial charge in [-0.15, -0.1) is 0 Å². The molecule has 4 N–H and O–H groups in total. The number of hydrogen-bond donors (Lipinski definition) is 4. The smallest absolute Gasteiger partial charge is 0.692 e. The SMILES string of the molecule is O=S(=O)=[S]=[Mo].OP(O)(=S)[S-].OP(O)(=S)[S-].[Mo+2]. The Hall–Kier alpha value is 3.26. The van der Waals surface area contributed by atoms with Crippen molar-refractivity contribution in [3.63, 3.8) is 0 Å². The molecular weight excluding hydrogens is 542 g/mol. The van der Waals surface area contributed by atoms with Gasteiger partial charge in [-0.1, -0.05) is 23.6 Å². The number of hydrogen-bond acceptors (Lipinski definition) is 6. The fraction of sp³-hybridized carbons (Fsp3) is 0. The molecule has 0 aromatic rings. The molecule has 0 aliphatic heterocycles. The van der Waals surface area contributed by atoms with Crippen LogP contribution in [-0.4, -0.2) is 28.0 Å². The first-order valence-corrected chi connectivity index (χ1v) is 14.4. The second kappa shape index (κ2) is 14.7. The van der Waals surface area contributed by atoms with Crippen molar-refractivity contribution in [2.75, 3.05) is 0 Å². The molecule has 0 atom stereocenters. The van der Waals surface area contributed by atoms with Gasteiger partial charge < -0.3 is 44.1 Å². The minimum atomic E-state index is -3.22. The van der Waals surface area contributed by atoms with E-state index in [9.17, 15) is 8.42 Å². The average molecular weight is 546 g/mol. The minimum absolute atomic E-state index is 0. The first kappa shape index (κ1) is 27.6. The molecule has 0 aliphatic rings. The summed E-state index contributed by atoms with van der Waals surface area (Å²) in [6.07, 6.45) is 0. The molecule has 0 rings (SSSR count). The van der Waals surface area contributed by atoms with Crippen LogP contribution in [0.15, 0.2) is 0 Å². The fourth-order valence-electron chi connectivity index (χ4n) is 0. The zero-order valence-corrected chi connectivity index (χ0v) is 17.5. The molecule has 0 aromatic carbocycles. The third kappa shape index (κ3) is 165. The quantitative estimate of drug-likeness (QED) is 0.168. The van der Waals surface area contributed by atoms with Gasteiger partial charge in [-0.05, 0) is 0 Å². The van der Waals surface area contributed by atoms with Crippen molar-refractivity contribution >= 4 is 76.3 Å². The summed E-state index contributed by atoms with van der Waals surface area (Å²) in [7, 11) is -1.10. The van der Waals surface area contributed by atoms with E-state index in [4.69, 9.17) is 19.6 Å². The van der Waals surface area contributed by atoms with E-state index in [-0.39, 0.29) is 21.1 Å². The first-order chi connectivity index (χ1) is 6.27. The molecule has 0 saturated carbocycles. The molecule has 0 fully saturated rings. The molecule has 0 saturated heterocycles. The van der Waals surface area contributed by atoms with E-state index in [1.165, 1.54) is 18.0 Å². The molecule has 6 nitrogen and oxygen atoms in total. The van der Waals surface area contributed by atoms with E-state index < -0.39 is 20.7 Å². The van der Waals surface area contributed by atoms with Crippen molar-refractivity contribution in [2.45, 2.75) is 0 Å². The van der Waals surface area contributed by atoms with Crippen molar-refractivity contribution in [3.05, 3.63) is 0 Å². The maximum atomic E-state index is 9.33. The maximum absolute atomic E-state index is 9.33. The molecule has 0 spiro atoms. The summed E-state index contributed by atoms with van der Waals surface area (Å²) in [5.74, 6) is 0. The predicted molar refractivity (Wildman–Crippen MR) is 68.5 cm³/mol. The van der Waals surface area contributed by atoms with Crippen LogP contribution >= 0.6 is 11.4 Å². The van der Waals surface area contributed by atoms with Crippen molar-refractivity contribution in [1.29, 1.82) is 0 Å². The zero-order chi connectivity index (χ0) is 13.3. The van der Waals surface area contributed by atoms with Crippen molar-refractivity contribution in [2.24, 2.45) is 0 Å². The van der Waals surface area contributed by atoms with Crippen LogP contribution in [0.2, 0.25) is 0 Å². The molecule has 16 heavy (non-hydrogen) atoms. The van der Waals surface area contributed by atoms with Gasteiger partial charge in [0.25, 0.3) is 0 Å². The summed E-state index contributed by atoms with van der Waals surface area (Å²) in [5, 5.41) is 0. The van der Waals surface area contributed by atoms with Gasteiger partial charge in [0.1, 0.15) is 0 Å². The van der Waals surface area contributed by atoms with Crippen LogP contribution in [0.4, 0.5) is 0 Å². The largest absolute Gasteiger partial charge is 2.00 e. The van der Waals surface area contributed by atoms with Crippen LogP contribution in [0.5, 0.6) is 0 Å². The van der Waals surface area contributed by atoms with Gasteiger partial charge in [0, 0.05) is 11.4 Å². The van der Waals surface area contributed by atoms with Crippen molar-refractivity contribution < 1.29 is 67.1 Å². The molecule has 16 heteroatoms. The second-order valence-corrected chi connectivity index (χ2v) is 15.5. The van der Waals surface area contributed by atoms with E-state index in [0.29, 0.717) is 0 Å². The van der Waals surface area contributed by atoms with E-state index in [1.807, 2.05) is 0 Å². The third-order valence-corrected chi connectivity index (χ3v) is 2.96. The Balaban J connectivity index is -0.0000000655. The molecule has 0 aromatic heterocycles. The van der Waals surface area contributed by atoms with Gasteiger partial charge >= 0.3 is 64.3 Å². The Morgan fingerprint density at radius 1 is 1.06 bits per heavy atom. The zero-order valence-electron chi connectivity index (χ0n) is 6.77. The number of rotatable bonds is 0. The maximum Gasteiger partial charge on any atom is 2.00 e. The fourth-order valence-corrected chi connectivity index (χ4v) is 0. The summed E-state index contributed by atoms with van der Waals surface area (Å²) in [4.78, 5) is 31.3. The van der Waals surface area contributed by atoms with Crippen molar-refractivity contribution in [1.82, 2.24) is 0 Å². The summed E-state index contributed by atoms with van der Waals surface area (Å²) in [5.41, 5.74) is -6.44. The summed E-state index contributed by atoms with van der Waals surface area (Å²) < 4.78 is 18.7. The standard InChI is InChI=1S/2Mo.2H3O2PS2.O2S2/c;;2*1-3(2,4)5;1-4(2)3/h;;2*(H3,1,2,4,5);/q;+2;;;/p-2. The first-order valence-electron chi connectivity index (χ1n) is 2.20. The third-order valence-electron chi connectivity index (χ3n) is 0.0556. The summed E-state index contributed by atoms with van der Waals surface area (Å²) in [6, 6.07) is 0. The van der Waals surface area contributed by atoms with Crippen molar-refractivity contribution in [3.8, 4) is 0 Å². The van der Waals surface area contributed by atoms with E-state index in [1.54, 1.807) is 0 Å². The minimum Gasteiger partial charge on any atom is -0.692 e. The van der Waals surface area contributed by atoms with Crippen LogP contribution in [0.3, 0.4) is 0 Å². The van der Waals surface area contributed by atoms with Gasteiger partial charge in [-0.3, -0.25) is 0 Å². The predicted octanol–water partition coefficient (Wildman–Crippen LogP) is -1.19. The topological polar surface area (TPSA) is 115 Å². The van der Waals surface area contributed by atoms with Gasteiger partial charge in [0.15, 0.2) is 0 Å². The average Bonchev–Trinajstić information content (AvgIpc) is 1.79. The van der Waals surface area contributed by atoms with Gasteiger partial charge in [-0.2, -0.15) is 0 Å². The van der Waals surface area contributed by atoms with Crippen LogP contribution in [-0.2, 0) is 104 Å². The normalized spacial score (nSPS) is 9.38. The van der Waals surface area contributed by atoms with E-state index in [2.05, 4.69) is 48.1 Å². The summed E-state index contributed by atoms with van der Waals surface area (Å²) >= 11 is 16.9. The van der Waals surface area contributed by atoms with Gasteiger partial charge in [0.05, 0.1) is 0 Å². The van der Waals surface area contributed by atoms with E-state index >= 15 is 0 Å². The molecular formula is H4Mo2O6P2S6. The Bertz CT molecular complexity index is 352. The Labute approximate surface area is 141 Å². The van der Waals surface area contributed by atoms with Crippen LogP contribution in [0.1, 0.15) is 0 Å². The van der Waals surface area contributed by atoms with Crippen LogP contribution in [0.25, 0.3) is 0 Å². The Kier molecular flexibility index (Phi) is 25.3.